The molecule has 2 N–H and O–H groups in total. The van der Waals surface area contributed by atoms with Crippen molar-refractivity contribution < 1.29 is 8.91 Å². The number of anilines is 2. The molecular weight excluding hydrogens is 251 g/mol. The van der Waals surface area contributed by atoms with E-state index >= 15 is 0 Å². The maximum absolute atomic E-state index is 13.5. The van der Waals surface area contributed by atoms with E-state index in [4.69, 9.17) is 4.52 Å². The molecule has 0 amide bonds. The van der Waals surface area contributed by atoms with Gasteiger partial charge in [0.2, 0.25) is 11.8 Å². The lowest BCUT2D eigenvalue weighted by Gasteiger charge is -2.07. The number of aryl methyl sites for hydroxylation is 1. The minimum Gasteiger partial charge on any atom is -0.360 e. The van der Waals surface area contributed by atoms with Gasteiger partial charge in [-0.15, -0.1) is 0 Å². The molecule has 19 heavy (non-hydrogen) atoms. The van der Waals surface area contributed by atoms with Crippen molar-refractivity contribution in [2.24, 2.45) is 0 Å². The molecule has 0 aliphatic carbocycles. The molecule has 0 saturated carbocycles. The van der Waals surface area contributed by atoms with Crippen molar-refractivity contribution in [3.63, 3.8) is 0 Å². The first-order valence-corrected chi connectivity index (χ1v) is 5.98. The fourth-order valence-electron chi connectivity index (χ4n) is 1.39. The normalized spacial score (nSPS) is 10.5. The van der Waals surface area contributed by atoms with Gasteiger partial charge in [-0.2, -0.15) is 9.97 Å². The Balaban J connectivity index is 2.02. The lowest BCUT2D eigenvalue weighted by Crippen LogP contribution is -2.09. The van der Waals surface area contributed by atoms with Crippen molar-refractivity contribution >= 4 is 11.8 Å². The lowest BCUT2D eigenvalue weighted by atomic mass is 10.5. The quantitative estimate of drug-likeness (QED) is 0.823. The second-order valence-corrected chi connectivity index (χ2v) is 3.90. The van der Waals surface area contributed by atoms with Crippen molar-refractivity contribution in [3.05, 3.63) is 23.7 Å². The predicted molar refractivity (Wildman–Crippen MR) is 67.1 cm³/mol. The zero-order valence-corrected chi connectivity index (χ0v) is 10.8. The number of nitrogens with zero attached hydrogens (tertiary/aromatic N) is 4. The molecule has 7 nitrogen and oxygen atoms in total. The van der Waals surface area contributed by atoms with E-state index < -0.39 is 5.82 Å². The summed E-state index contributed by atoms with van der Waals surface area (Å²) in [6, 6.07) is 0. The Bertz CT molecular complexity index is 544. The van der Waals surface area contributed by atoms with E-state index in [-0.39, 0.29) is 12.4 Å². The van der Waals surface area contributed by atoms with Crippen LogP contribution in [-0.2, 0) is 6.54 Å². The van der Waals surface area contributed by atoms with Gasteiger partial charge in [-0.05, 0) is 6.42 Å². The number of rotatable bonds is 6. The van der Waals surface area contributed by atoms with Crippen LogP contribution in [0.1, 0.15) is 25.1 Å². The summed E-state index contributed by atoms with van der Waals surface area (Å²) in [4.78, 5) is 11.9. The van der Waals surface area contributed by atoms with Gasteiger partial charge in [-0.1, -0.05) is 12.1 Å². The Hall–Kier alpha value is -2.25. The minimum absolute atomic E-state index is 0.107. The summed E-state index contributed by atoms with van der Waals surface area (Å²) in [5.74, 6) is 0.872. The maximum atomic E-state index is 13.5. The Morgan fingerprint density at radius 3 is 2.84 bits per heavy atom. The molecule has 0 aliphatic rings. The molecule has 102 valence electrons. The van der Waals surface area contributed by atoms with Crippen molar-refractivity contribution in [1.29, 1.82) is 0 Å². The minimum atomic E-state index is -0.526. The highest BCUT2D eigenvalue weighted by Crippen LogP contribution is 2.12. The van der Waals surface area contributed by atoms with Crippen LogP contribution in [0.4, 0.5) is 16.2 Å². The Morgan fingerprint density at radius 1 is 1.32 bits per heavy atom. The van der Waals surface area contributed by atoms with Gasteiger partial charge in [0.15, 0.2) is 17.5 Å². The predicted octanol–water partition coefficient (Wildman–Crippen LogP) is 1.74. The molecular formula is C11H15FN6O. The summed E-state index contributed by atoms with van der Waals surface area (Å²) in [5.41, 5.74) is 0. The smallest absolute Gasteiger partial charge is 0.224 e. The molecule has 0 aliphatic heterocycles. The highest BCUT2D eigenvalue weighted by atomic mass is 19.1. The summed E-state index contributed by atoms with van der Waals surface area (Å²) >= 11 is 0. The van der Waals surface area contributed by atoms with E-state index in [0.717, 1.165) is 19.2 Å². The fourth-order valence-corrected chi connectivity index (χ4v) is 1.39. The monoisotopic (exact) mass is 266 g/mol. The first-order chi connectivity index (χ1) is 9.19. The van der Waals surface area contributed by atoms with Crippen LogP contribution in [0.15, 0.2) is 10.7 Å². The van der Waals surface area contributed by atoms with Crippen LogP contribution in [0.5, 0.6) is 0 Å². The Kier molecular flexibility index (Phi) is 4.22. The SMILES string of the molecule is CCCNc1ncc(F)c(NCc2noc(C)n2)n1. The molecule has 0 aromatic carbocycles. The van der Waals surface area contributed by atoms with Crippen molar-refractivity contribution in [2.45, 2.75) is 26.8 Å². The average molecular weight is 266 g/mol. The van der Waals surface area contributed by atoms with Crippen LogP contribution >= 0.6 is 0 Å². The van der Waals surface area contributed by atoms with E-state index in [9.17, 15) is 4.39 Å². The highest BCUT2D eigenvalue weighted by molar-refractivity contribution is 5.41. The summed E-state index contributed by atoms with van der Waals surface area (Å²) in [6.45, 7) is 4.68. The van der Waals surface area contributed by atoms with Crippen molar-refractivity contribution in [1.82, 2.24) is 20.1 Å². The molecule has 8 heteroatoms. The Morgan fingerprint density at radius 2 is 2.16 bits per heavy atom. The molecule has 0 atom stereocenters. The van der Waals surface area contributed by atoms with Gasteiger partial charge in [-0.25, -0.2) is 9.37 Å². The van der Waals surface area contributed by atoms with Gasteiger partial charge in [0.05, 0.1) is 12.7 Å². The van der Waals surface area contributed by atoms with E-state index in [2.05, 4.69) is 30.7 Å². The number of hydrogen-bond acceptors (Lipinski definition) is 7. The third-order valence-electron chi connectivity index (χ3n) is 2.26. The number of hydrogen-bond donors (Lipinski definition) is 2. The molecule has 2 rings (SSSR count). The fraction of sp³-hybridized carbons (Fsp3) is 0.455. The largest absolute Gasteiger partial charge is 0.360 e. The number of nitrogens with one attached hydrogen (secondary N) is 2. The topological polar surface area (TPSA) is 88.8 Å². The van der Waals surface area contributed by atoms with Gasteiger partial charge in [0.1, 0.15) is 0 Å². The molecule has 0 fully saturated rings. The molecule has 2 aromatic heterocycles. The first kappa shape index (κ1) is 13.2. The van der Waals surface area contributed by atoms with Gasteiger partial charge in [0.25, 0.3) is 0 Å². The number of halogens is 1. The summed E-state index contributed by atoms with van der Waals surface area (Å²) in [6.07, 6.45) is 2.06. The van der Waals surface area contributed by atoms with E-state index in [1.807, 2.05) is 6.92 Å². The van der Waals surface area contributed by atoms with Crippen LogP contribution in [-0.4, -0.2) is 26.7 Å². The van der Waals surface area contributed by atoms with Crippen molar-refractivity contribution in [2.75, 3.05) is 17.2 Å². The third-order valence-corrected chi connectivity index (χ3v) is 2.26. The molecule has 0 spiro atoms. The lowest BCUT2D eigenvalue weighted by molar-refractivity contribution is 0.388. The van der Waals surface area contributed by atoms with Gasteiger partial charge in [0, 0.05) is 13.5 Å². The van der Waals surface area contributed by atoms with Crippen LogP contribution in [0.3, 0.4) is 0 Å². The maximum Gasteiger partial charge on any atom is 0.224 e. The van der Waals surface area contributed by atoms with Crippen LogP contribution in [0, 0.1) is 12.7 Å². The highest BCUT2D eigenvalue weighted by Gasteiger charge is 2.08. The molecule has 0 radical (unpaired) electrons. The van der Waals surface area contributed by atoms with Gasteiger partial charge < -0.3 is 15.2 Å². The molecule has 0 saturated heterocycles. The van der Waals surface area contributed by atoms with Gasteiger partial charge in [-0.3, -0.25) is 0 Å². The van der Waals surface area contributed by atoms with Crippen molar-refractivity contribution in [3.8, 4) is 0 Å². The van der Waals surface area contributed by atoms with E-state index in [1.54, 1.807) is 6.92 Å². The van der Waals surface area contributed by atoms with Crippen LogP contribution in [0.25, 0.3) is 0 Å². The van der Waals surface area contributed by atoms with Gasteiger partial charge >= 0.3 is 0 Å². The number of aromatic nitrogens is 4. The Labute approximate surface area is 109 Å². The van der Waals surface area contributed by atoms with Crippen LogP contribution in [0.2, 0.25) is 0 Å². The third kappa shape index (κ3) is 3.60. The summed E-state index contributed by atoms with van der Waals surface area (Å²) in [5, 5.41) is 9.50. The second-order valence-electron chi connectivity index (χ2n) is 3.90. The average Bonchev–Trinajstić information content (AvgIpc) is 2.82. The zero-order valence-electron chi connectivity index (χ0n) is 10.8. The van der Waals surface area contributed by atoms with E-state index in [1.165, 1.54) is 0 Å². The standard InChI is InChI=1S/C11H15FN6O/c1-3-4-13-11-15-5-8(12)10(17-11)14-6-9-16-7(2)19-18-9/h5H,3-4,6H2,1-2H3,(H2,13,14,15,17). The zero-order chi connectivity index (χ0) is 13.7. The molecule has 2 aromatic rings. The molecule has 0 bridgehead atoms. The molecule has 2 heterocycles. The summed E-state index contributed by atoms with van der Waals surface area (Å²) < 4.78 is 18.3. The first-order valence-electron chi connectivity index (χ1n) is 5.98. The summed E-state index contributed by atoms with van der Waals surface area (Å²) in [7, 11) is 0. The molecule has 0 unspecified atom stereocenters. The van der Waals surface area contributed by atoms with Crippen LogP contribution < -0.4 is 10.6 Å². The second kappa shape index (κ2) is 6.07. The van der Waals surface area contributed by atoms with E-state index in [0.29, 0.717) is 17.7 Å².